The molecule has 0 heterocycles. The van der Waals surface area contributed by atoms with Gasteiger partial charge in [-0.2, -0.15) is 0 Å². The Morgan fingerprint density at radius 2 is 1.54 bits per heavy atom. The Morgan fingerprint density at radius 3 is 2.12 bits per heavy atom. The number of carbonyl (C=O) groups excluding carboxylic acids is 1. The fourth-order valence-electron chi connectivity index (χ4n) is 3.25. The van der Waals surface area contributed by atoms with Crippen LogP contribution in [0, 0.1) is 0 Å². The van der Waals surface area contributed by atoms with Crippen LogP contribution in [0.25, 0.3) is 0 Å². The average molecular weight is 353 g/mol. The van der Waals surface area contributed by atoms with E-state index in [1.54, 1.807) is 0 Å². The van der Waals surface area contributed by atoms with Crippen molar-refractivity contribution in [2.75, 3.05) is 13.1 Å². The van der Waals surface area contributed by atoms with Gasteiger partial charge in [-0.25, -0.2) is 0 Å². The molecule has 0 spiro atoms. The Kier molecular flexibility index (Phi) is 8.36. The molecule has 2 aromatic rings. The van der Waals surface area contributed by atoms with Gasteiger partial charge in [0.05, 0.1) is 0 Å². The summed E-state index contributed by atoms with van der Waals surface area (Å²) in [5.41, 5.74) is 3.23. The molecule has 0 aliphatic heterocycles. The van der Waals surface area contributed by atoms with Crippen molar-refractivity contribution in [1.82, 2.24) is 10.2 Å². The Labute approximate surface area is 158 Å². The molecule has 140 valence electrons. The highest BCUT2D eigenvalue weighted by Crippen LogP contribution is 2.10. The SMILES string of the molecule is CCCN(CCC)Cc1ccc(C(=O)N[C@H](C)Cc2ccccc2)cc1. The quantitative estimate of drug-likeness (QED) is 0.674. The maximum absolute atomic E-state index is 12.5. The second kappa shape index (κ2) is 10.8. The summed E-state index contributed by atoms with van der Waals surface area (Å²) in [6.07, 6.45) is 3.17. The van der Waals surface area contributed by atoms with Gasteiger partial charge in [-0.15, -0.1) is 0 Å². The summed E-state index contributed by atoms with van der Waals surface area (Å²) < 4.78 is 0. The van der Waals surface area contributed by atoms with Gasteiger partial charge in [-0.3, -0.25) is 9.69 Å². The summed E-state index contributed by atoms with van der Waals surface area (Å²) in [5.74, 6) is -0.000969. The number of amides is 1. The Bertz CT molecular complexity index is 646. The highest BCUT2D eigenvalue weighted by molar-refractivity contribution is 5.94. The van der Waals surface area contributed by atoms with Crippen LogP contribution in [-0.4, -0.2) is 29.9 Å². The summed E-state index contributed by atoms with van der Waals surface area (Å²) in [6, 6.07) is 18.4. The van der Waals surface area contributed by atoms with Crippen LogP contribution in [0.5, 0.6) is 0 Å². The molecule has 2 rings (SSSR count). The van der Waals surface area contributed by atoms with Gasteiger partial charge >= 0.3 is 0 Å². The third-order valence-corrected chi connectivity index (χ3v) is 4.46. The Morgan fingerprint density at radius 1 is 0.923 bits per heavy atom. The van der Waals surface area contributed by atoms with Crippen molar-refractivity contribution in [1.29, 1.82) is 0 Å². The number of nitrogens with one attached hydrogen (secondary N) is 1. The van der Waals surface area contributed by atoms with E-state index >= 15 is 0 Å². The zero-order valence-corrected chi connectivity index (χ0v) is 16.4. The first kappa shape index (κ1) is 20.2. The molecule has 0 unspecified atom stereocenters. The minimum atomic E-state index is -0.000969. The summed E-state index contributed by atoms with van der Waals surface area (Å²) >= 11 is 0. The third-order valence-electron chi connectivity index (χ3n) is 4.46. The molecule has 0 fully saturated rings. The van der Waals surface area contributed by atoms with Crippen molar-refractivity contribution in [3.8, 4) is 0 Å². The smallest absolute Gasteiger partial charge is 0.251 e. The van der Waals surface area contributed by atoms with Crippen molar-refractivity contribution in [3.63, 3.8) is 0 Å². The van der Waals surface area contributed by atoms with E-state index in [0.29, 0.717) is 0 Å². The maximum atomic E-state index is 12.5. The van der Waals surface area contributed by atoms with E-state index in [-0.39, 0.29) is 11.9 Å². The van der Waals surface area contributed by atoms with E-state index in [4.69, 9.17) is 0 Å². The second-order valence-electron chi connectivity index (χ2n) is 7.04. The predicted octanol–water partition coefficient (Wildman–Crippen LogP) is 4.67. The molecule has 2 aromatic carbocycles. The monoisotopic (exact) mass is 352 g/mol. The number of carbonyl (C=O) groups is 1. The molecule has 0 saturated heterocycles. The number of benzene rings is 2. The van der Waals surface area contributed by atoms with Crippen molar-refractivity contribution < 1.29 is 4.79 Å². The van der Waals surface area contributed by atoms with Gasteiger partial charge in [-0.05, 0) is 62.5 Å². The molecule has 0 radical (unpaired) electrons. The molecular formula is C23H32N2O. The van der Waals surface area contributed by atoms with Gasteiger partial charge in [0.15, 0.2) is 0 Å². The van der Waals surface area contributed by atoms with E-state index in [1.165, 1.54) is 24.0 Å². The lowest BCUT2D eigenvalue weighted by atomic mass is 10.1. The number of hydrogen-bond acceptors (Lipinski definition) is 2. The minimum absolute atomic E-state index is 0.000969. The minimum Gasteiger partial charge on any atom is -0.349 e. The molecule has 1 atom stereocenters. The van der Waals surface area contributed by atoms with Gasteiger partial charge in [-0.1, -0.05) is 56.3 Å². The lowest BCUT2D eigenvalue weighted by molar-refractivity contribution is 0.0940. The number of rotatable bonds is 10. The summed E-state index contributed by atoms with van der Waals surface area (Å²) in [6.45, 7) is 9.67. The van der Waals surface area contributed by atoms with Crippen LogP contribution in [0.1, 0.15) is 55.1 Å². The van der Waals surface area contributed by atoms with Gasteiger partial charge < -0.3 is 5.32 Å². The summed E-state index contributed by atoms with van der Waals surface area (Å²) in [7, 11) is 0. The zero-order valence-electron chi connectivity index (χ0n) is 16.4. The fraction of sp³-hybridized carbons (Fsp3) is 0.435. The summed E-state index contributed by atoms with van der Waals surface area (Å²) in [4.78, 5) is 14.9. The van der Waals surface area contributed by atoms with Crippen molar-refractivity contribution in [2.24, 2.45) is 0 Å². The first-order chi connectivity index (χ1) is 12.6. The largest absolute Gasteiger partial charge is 0.349 e. The first-order valence-corrected chi connectivity index (χ1v) is 9.78. The van der Waals surface area contributed by atoms with Crippen LogP contribution in [0.4, 0.5) is 0 Å². The molecular weight excluding hydrogens is 320 g/mol. The highest BCUT2D eigenvalue weighted by atomic mass is 16.1. The Balaban J connectivity index is 1.89. The van der Waals surface area contributed by atoms with Crippen LogP contribution in [0.15, 0.2) is 54.6 Å². The van der Waals surface area contributed by atoms with E-state index in [9.17, 15) is 4.79 Å². The van der Waals surface area contributed by atoms with Crippen LogP contribution in [0.3, 0.4) is 0 Å². The predicted molar refractivity (Wildman–Crippen MR) is 109 cm³/mol. The molecule has 0 bridgehead atoms. The fourth-order valence-corrected chi connectivity index (χ4v) is 3.25. The number of nitrogens with zero attached hydrogens (tertiary/aromatic N) is 1. The Hall–Kier alpha value is -2.13. The van der Waals surface area contributed by atoms with Crippen LogP contribution >= 0.6 is 0 Å². The molecule has 3 heteroatoms. The highest BCUT2D eigenvalue weighted by Gasteiger charge is 2.11. The molecule has 1 amide bonds. The molecule has 0 aromatic heterocycles. The molecule has 0 saturated carbocycles. The van der Waals surface area contributed by atoms with Crippen molar-refractivity contribution in [3.05, 3.63) is 71.3 Å². The second-order valence-corrected chi connectivity index (χ2v) is 7.04. The van der Waals surface area contributed by atoms with E-state index in [2.05, 4.69) is 48.3 Å². The normalized spacial score (nSPS) is 12.2. The molecule has 1 N–H and O–H groups in total. The van der Waals surface area contributed by atoms with Gasteiger partial charge in [0.1, 0.15) is 0 Å². The average Bonchev–Trinajstić information content (AvgIpc) is 2.63. The molecule has 26 heavy (non-hydrogen) atoms. The zero-order chi connectivity index (χ0) is 18.8. The van der Waals surface area contributed by atoms with E-state index < -0.39 is 0 Å². The maximum Gasteiger partial charge on any atom is 0.251 e. The standard InChI is InChI=1S/C23H32N2O/c1-4-15-25(16-5-2)18-21-11-13-22(14-12-21)23(26)24-19(3)17-20-9-7-6-8-10-20/h6-14,19H,4-5,15-18H2,1-3H3,(H,24,26)/t19-/m1/s1. The van der Waals surface area contributed by atoms with Crippen molar-refractivity contribution >= 4 is 5.91 Å². The topological polar surface area (TPSA) is 32.3 Å². The van der Waals surface area contributed by atoms with Gasteiger partial charge in [0.2, 0.25) is 0 Å². The van der Waals surface area contributed by atoms with Gasteiger partial charge in [0, 0.05) is 18.2 Å². The number of hydrogen-bond donors (Lipinski definition) is 1. The lowest BCUT2D eigenvalue weighted by Crippen LogP contribution is -2.34. The van der Waals surface area contributed by atoms with Gasteiger partial charge in [0.25, 0.3) is 5.91 Å². The first-order valence-electron chi connectivity index (χ1n) is 9.78. The molecule has 0 aliphatic carbocycles. The molecule has 0 aliphatic rings. The van der Waals surface area contributed by atoms with Crippen LogP contribution in [-0.2, 0) is 13.0 Å². The van der Waals surface area contributed by atoms with Crippen LogP contribution in [0.2, 0.25) is 0 Å². The molecule has 3 nitrogen and oxygen atoms in total. The summed E-state index contributed by atoms with van der Waals surface area (Å²) in [5, 5.41) is 3.10. The van der Waals surface area contributed by atoms with Crippen molar-refractivity contribution in [2.45, 2.75) is 52.6 Å². The van der Waals surface area contributed by atoms with E-state index in [1.807, 2.05) is 37.3 Å². The lowest BCUT2D eigenvalue weighted by Gasteiger charge is -2.21. The van der Waals surface area contributed by atoms with Crippen LogP contribution < -0.4 is 5.32 Å². The third kappa shape index (κ3) is 6.64. The van der Waals surface area contributed by atoms with E-state index in [0.717, 1.165) is 31.6 Å².